The van der Waals surface area contributed by atoms with Gasteiger partial charge in [-0.1, -0.05) is 11.6 Å². The van der Waals surface area contributed by atoms with Crippen LogP contribution in [0.2, 0.25) is 5.02 Å². The Kier molecular flexibility index (Phi) is 3.69. The molecule has 1 fully saturated rings. The predicted octanol–water partition coefficient (Wildman–Crippen LogP) is 4.56. The zero-order valence-corrected chi connectivity index (χ0v) is 13.2. The number of methoxy groups -OCH3 is 1. The second kappa shape index (κ2) is 5.21. The summed E-state index contributed by atoms with van der Waals surface area (Å²) in [6.45, 7) is 2.75. The molecule has 1 heterocycles. The molecule has 3 rings (SSSR count). The van der Waals surface area contributed by atoms with Gasteiger partial charge in [-0.2, -0.15) is 0 Å². The predicted molar refractivity (Wildman–Crippen MR) is 82.6 cm³/mol. The fourth-order valence-electron chi connectivity index (χ4n) is 2.88. The number of ether oxygens (including phenoxy) is 1. The van der Waals surface area contributed by atoms with Crippen LogP contribution < -0.4 is 0 Å². The first-order valence-corrected chi connectivity index (χ1v) is 7.71. The van der Waals surface area contributed by atoms with E-state index in [2.05, 4.69) is 9.55 Å². The Balaban J connectivity index is 2.09. The van der Waals surface area contributed by atoms with Gasteiger partial charge in [0.1, 0.15) is 5.82 Å². The number of benzene rings is 1. The molecule has 0 radical (unpaired) electrons. The van der Waals surface area contributed by atoms with Crippen molar-refractivity contribution in [3.8, 4) is 0 Å². The molecule has 3 nitrogen and oxygen atoms in total. The molecule has 108 valence electrons. The van der Waals surface area contributed by atoms with E-state index < -0.39 is 0 Å². The van der Waals surface area contributed by atoms with Crippen molar-refractivity contribution in [1.29, 1.82) is 0 Å². The van der Waals surface area contributed by atoms with Crippen LogP contribution in [0.1, 0.15) is 37.4 Å². The minimum Gasteiger partial charge on any atom is -0.376 e. The fourth-order valence-corrected chi connectivity index (χ4v) is 3.21. The lowest BCUT2D eigenvalue weighted by Gasteiger charge is -2.41. The standard InChI is InChI=1S/C15H18Cl2N2O/c1-10(16)14-18-12-8-11(17)4-5-13(12)19(14)9-15(20-2)6-3-7-15/h4-5,8,10H,3,6-7,9H2,1-2H3. The molecule has 0 N–H and O–H groups in total. The zero-order valence-electron chi connectivity index (χ0n) is 11.7. The summed E-state index contributed by atoms with van der Waals surface area (Å²) in [6, 6.07) is 5.79. The Morgan fingerprint density at radius 2 is 2.20 bits per heavy atom. The topological polar surface area (TPSA) is 27.1 Å². The number of halogens is 2. The molecule has 1 aliphatic rings. The number of imidazole rings is 1. The van der Waals surface area contributed by atoms with Crippen molar-refractivity contribution in [3.63, 3.8) is 0 Å². The van der Waals surface area contributed by atoms with E-state index in [1.165, 1.54) is 6.42 Å². The maximum atomic E-state index is 6.30. The molecular weight excluding hydrogens is 295 g/mol. The van der Waals surface area contributed by atoms with Gasteiger partial charge < -0.3 is 9.30 Å². The summed E-state index contributed by atoms with van der Waals surface area (Å²) < 4.78 is 7.92. The normalized spacial score (nSPS) is 19.0. The molecule has 1 aromatic carbocycles. The lowest BCUT2D eigenvalue weighted by atomic mass is 9.80. The van der Waals surface area contributed by atoms with Crippen molar-refractivity contribution in [2.24, 2.45) is 0 Å². The molecule has 0 aliphatic heterocycles. The maximum Gasteiger partial charge on any atom is 0.127 e. The van der Waals surface area contributed by atoms with Gasteiger partial charge in [-0.05, 0) is 44.4 Å². The van der Waals surface area contributed by atoms with E-state index in [-0.39, 0.29) is 11.0 Å². The van der Waals surface area contributed by atoms with E-state index >= 15 is 0 Å². The quantitative estimate of drug-likeness (QED) is 0.774. The number of hydrogen-bond donors (Lipinski definition) is 0. The van der Waals surface area contributed by atoms with Crippen LogP contribution in [-0.4, -0.2) is 22.3 Å². The summed E-state index contributed by atoms with van der Waals surface area (Å²) in [7, 11) is 1.79. The van der Waals surface area contributed by atoms with Crippen molar-refractivity contribution in [1.82, 2.24) is 9.55 Å². The average Bonchev–Trinajstić information content (AvgIpc) is 2.71. The van der Waals surface area contributed by atoms with Crippen molar-refractivity contribution in [2.45, 2.75) is 43.7 Å². The van der Waals surface area contributed by atoms with Crippen molar-refractivity contribution in [3.05, 3.63) is 29.0 Å². The number of hydrogen-bond acceptors (Lipinski definition) is 2. The van der Waals surface area contributed by atoms with Crippen molar-refractivity contribution in [2.75, 3.05) is 7.11 Å². The van der Waals surface area contributed by atoms with Crippen molar-refractivity contribution < 1.29 is 4.74 Å². The highest BCUT2D eigenvalue weighted by Gasteiger charge is 2.38. The van der Waals surface area contributed by atoms with E-state index in [1.54, 1.807) is 7.11 Å². The summed E-state index contributed by atoms with van der Waals surface area (Å²) in [4.78, 5) is 4.64. The Morgan fingerprint density at radius 1 is 1.45 bits per heavy atom. The average molecular weight is 313 g/mol. The Hall–Kier alpha value is -0.770. The third kappa shape index (κ3) is 2.32. The van der Waals surface area contributed by atoms with E-state index in [1.807, 2.05) is 25.1 Å². The Morgan fingerprint density at radius 3 is 2.75 bits per heavy atom. The van der Waals surface area contributed by atoms with Crippen molar-refractivity contribution >= 4 is 34.2 Å². The molecule has 1 saturated carbocycles. The van der Waals surface area contributed by atoms with Gasteiger partial charge >= 0.3 is 0 Å². The molecule has 1 aliphatic carbocycles. The molecule has 0 amide bonds. The highest BCUT2D eigenvalue weighted by Crippen LogP contribution is 2.38. The summed E-state index contributed by atoms with van der Waals surface area (Å²) in [5.41, 5.74) is 1.90. The number of fused-ring (bicyclic) bond motifs is 1. The minimum absolute atomic E-state index is 0.0617. The Bertz CT molecular complexity index is 627. The largest absolute Gasteiger partial charge is 0.376 e. The maximum absolute atomic E-state index is 6.30. The first-order chi connectivity index (χ1) is 9.54. The number of alkyl halides is 1. The summed E-state index contributed by atoms with van der Waals surface area (Å²) >= 11 is 12.3. The van der Waals surface area contributed by atoms with Gasteiger partial charge in [-0.25, -0.2) is 4.98 Å². The third-order valence-electron chi connectivity index (χ3n) is 4.24. The summed E-state index contributed by atoms with van der Waals surface area (Å²) in [6.07, 6.45) is 3.40. The van der Waals surface area contributed by atoms with Crippen LogP contribution in [-0.2, 0) is 11.3 Å². The minimum atomic E-state index is -0.143. The first kappa shape index (κ1) is 14.2. The molecule has 5 heteroatoms. The number of nitrogens with zero attached hydrogens (tertiary/aromatic N) is 2. The lowest BCUT2D eigenvalue weighted by Crippen LogP contribution is -2.43. The molecule has 1 atom stereocenters. The van der Waals surface area contributed by atoms with Crippen LogP contribution in [0.5, 0.6) is 0 Å². The van der Waals surface area contributed by atoms with Gasteiger partial charge in [0, 0.05) is 12.1 Å². The smallest absolute Gasteiger partial charge is 0.127 e. The molecule has 2 aromatic rings. The van der Waals surface area contributed by atoms with Gasteiger partial charge in [-0.3, -0.25) is 0 Å². The monoisotopic (exact) mass is 312 g/mol. The van der Waals surface area contributed by atoms with Crippen LogP contribution in [0.3, 0.4) is 0 Å². The molecular formula is C15H18Cl2N2O. The van der Waals surface area contributed by atoms with Crippen LogP contribution in [0, 0.1) is 0 Å². The third-order valence-corrected chi connectivity index (χ3v) is 4.67. The summed E-state index contributed by atoms with van der Waals surface area (Å²) in [5.74, 6) is 0.882. The lowest BCUT2D eigenvalue weighted by molar-refractivity contribution is -0.0832. The van der Waals surface area contributed by atoms with Gasteiger partial charge in [0.25, 0.3) is 0 Å². The molecule has 0 saturated heterocycles. The highest BCUT2D eigenvalue weighted by atomic mass is 35.5. The van der Waals surface area contributed by atoms with Gasteiger partial charge in [-0.15, -0.1) is 11.6 Å². The van der Waals surface area contributed by atoms with Crippen LogP contribution in [0.25, 0.3) is 11.0 Å². The second-order valence-corrected chi connectivity index (χ2v) is 6.64. The van der Waals surface area contributed by atoms with Gasteiger partial charge in [0.15, 0.2) is 0 Å². The van der Waals surface area contributed by atoms with Gasteiger partial charge in [0.05, 0.1) is 28.6 Å². The zero-order chi connectivity index (χ0) is 14.3. The molecule has 1 unspecified atom stereocenters. The highest BCUT2D eigenvalue weighted by molar-refractivity contribution is 6.31. The molecule has 1 aromatic heterocycles. The second-order valence-electron chi connectivity index (χ2n) is 5.55. The number of rotatable bonds is 4. The van der Waals surface area contributed by atoms with E-state index in [9.17, 15) is 0 Å². The van der Waals surface area contributed by atoms with E-state index in [0.717, 1.165) is 36.2 Å². The molecule has 0 bridgehead atoms. The van der Waals surface area contributed by atoms with Gasteiger partial charge in [0.2, 0.25) is 0 Å². The SMILES string of the molecule is COC1(Cn2c(C(C)Cl)nc3cc(Cl)ccc32)CCC1. The Labute approximate surface area is 128 Å². The molecule has 0 spiro atoms. The summed E-state index contributed by atoms with van der Waals surface area (Å²) in [5, 5.41) is 0.552. The molecule has 20 heavy (non-hydrogen) atoms. The van der Waals surface area contributed by atoms with Crippen LogP contribution in [0.4, 0.5) is 0 Å². The van der Waals surface area contributed by atoms with E-state index in [0.29, 0.717) is 5.02 Å². The fraction of sp³-hybridized carbons (Fsp3) is 0.533. The van der Waals surface area contributed by atoms with Crippen LogP contribution >= 0.6 is 23.2 Å². The van der Waals surface area contributed by atoms with E-state index in [4.69, 9.17) is 27.9 Å². The number of aromatic nitrogens is 2. The first-order valence-electron chi connectivity index (χ1n) is 6.89. The van der Waals surface area contributed by atoms with Crippen LogP contribution in [0.15, 0.2) is 18.2 Å².